The molecule has 0 bridgehead atoms. The second-order valence-electron chi connectivity index (χ2n) is 6.55. The molecule has 9 heteroatoms. The minimum Gasteiger partial charge on any atom is -0.361 e. The van der Waals surface area contributed by atoms with Gasteiger partial charge >= 0.3 is 0 Å². The molecule has 0 N–H and O–H groups in total. The summed E-state index contributed by atoms with van der Waals surface area (Å²) in [5, 5.41) is 4.43. The first kappa shape index (κ1) is 20.5. The topological polar surface area (TPSA) is 59.2 Å². The van der Waals surface area contributed by atoms with Crippen LogP contribution in [-0.2, 0) is 11.2 Å². The first-order valence-electron chi connectivity index (χ1n) is 9.07. The fraction of sp³-hybridized carbons (Fsp3) is 0.190. The van der Waals surface area contributed by atoms with Gasteiger partial charge in [0.2, 0.25) is 5.91 Å². The zero-order valence-electron chi connectivity index (χ0n) is 16.1. The number of carbonyl (C=O) groups excluding carboxylic acids is 1. The quantitative estimate of drug-likeness (QED) is 0.335. The van der Waals surface area contributed by atoms with Crippen LogP contribution in [0.15, 0.2) is 57.9 Å². The first-order valence-corrected chi connectivity index (χ1v) is 10.8. The van der Waals surface area contributed by atoms with Gasteiger partial charge in [0.15, 0.2) is 5.13 Å². The van der Waals surface area contributed by atoms with Crippen molar-refractivity contribution < 1.29 is 18.1 Å². The summed E-state index contributed by atoms with van der Waals surface area (Å²) >= 11 is 1.86. The summed E-state index contributed by atoms with van der Waals surface area (Å²) < 4.78 is 31.4. The third-order valence-corrected chi connectivity index (χ3v) is 6.30. The van der Waals surface area contributed by atoms with E-state index in [0.29, 0.717) is 38.9 Å². The molecule has 4 aromatic rings. The molecule has 154 valence electrons. The monoisotopic (exact) mass is 445 g/mol. The lowest BCUT2D eigenvalue weighted by Crippen LogP contribution is -2.27. The second kappa shape index (κ2) is 8.53. The van der Waals surface area contributed by atoms with Gasteiger partial charge in [-0.2, -0.15) is 8.78 Å². The molecule has 2 aromatic carbocycles. The van der Waals surface area contributed by atoms with Gasteiger partial charge < -0.3 is 4.52 Å². The Bertz CT molecular complexity index is 1140. The molecule has 0 spiro atoms. The maximum absolute atomic E-state index is 13.4. The molecule has 0 saturated heterocycles. The molecular formula is C21H17F2N3O2S2. The van der Waals surface area contributed by atoms with Crippen molar-refractivity contribution in [3.63, 3.8) is 0 Å². The van der Waals surface area contributed by atoms with Crippen LogP contribution in [0.4, 0.5) is 19.6 Å². The van der Waals surface area contributed by atoms with Crippen LogP contribution in [0.2, 0.25) is 0 Å². The number of fused-ring (bicyclic) bond motifs is 1. The lowest BCUT2D eigenvalue weighted by Gasteiger charge is -2.20. The smallest absolute Gasteiger partial charge is 0.288 e. The van der Waals surface area contributed by atoms with Crippen molar-refractivity contribution in [1.82, 2.24) is 10.1 Å². The van der Waals surface area contributed by atoms with Gasteiger partial charge in [0, 0.05) is 10.5 Å². The normalized spacial score (nSPS) is 11.4. The van der Waals surface area contributed by atoms with E-state index in [1.165, 1.54) is 16.2 Å². The molecule has 0 saturated carbocycles. The molecule has 2 heterocycles. The van der Waals surface area contributed by atoms with E-state index in [1.54, 1.807) is 38.1 Å². The van der Waals surface area contributed by atoms with Crippen LogP contribution in [0.3, 0.4) is 0 Å². The number of para-hydroxylation sites is 1. The Hall–Kier alpha value is -2.78. The summed E-state index contributed by atoms with van der Waals surface area (Å²) in [4.78, 5) is 19.9. The molecule has 0 radical (unpaired) electrons. The van der Waals surface area contributed by atoms with Crippen LogP contribution in [0, 0.1) is 13.8 Å². The Morgan fingerprint density at radius 2 is 1.90 bits per heavy atom. The highest BCUT2D eigenvalue weighted by Gasteiger charge is 2.24. The van der Waals surface area contributed by atoms with E-state index in [2.05, 4.69) is 10.1 Å². The molecule has 0 aliphatic rings. The summed E-state index contributed by atoms with van der Waals surface area (Å²) in [6.45, 7) is 3.55. The number of alkyl halides is 2. The molecule has 0 aliphatic carbocycles. The van der Waals surface area contributed by atoms with E-state index in [9.17, 15) is 13.6 Å². The number of thioether (sulfide) groups is 1. The maximum Gasteiger partial charge on any atom is 0.288 e. The van der Waals surface area contributed by atoms with Crippen LogP contribution in [0.1, 0.15) is 17.0 Å². The van der Waals surface area contributed by atoms with Gasteiger partial charge in [-0.05, 0) is 50.2 Å². The van der Waals surface area contributed by atoms with Crippen LogP contribution in [-0.4, -0.2) is 21.8 Å². The number of halogens is 2. The van der Waals surface area contributed by atoms with Crippen molar-refractivity contribution in [3.05, 3.63) is 65.5 Å². The van der Waals surface area contributed by atoms with E-state index in [-0.39, 0.29) is 12.3 Å². The fourth-order valence-corrected chi connectivity index (χ4v) is 4.58. The van der Waals surface area contributed by atoms with Crippen molar-refractivity contribution in [3.8, 4) is 0 Å². The SMILES string of the molecule is Cc1noc(C)c1CC(=O)N(c1ccc(SC(F)F)cc1)c1nc2ccccc2s1. The predicted octanol–water partition coefficient (Wildman–Crippen LogP) is 6.12. The lowest BCUT2D eigenvalue weighted by atomic mass is 10.1. The zero-order valence-corrected chi connectivity index (χ0v) is 17.8. The number of amides is 1. The summed E-state index contributed by atoms with van der Waals surface area (Å²) in [6.07, 6.45) is 0.0879. The molecule has 30 heavy (non-hydrogen) atoms. The third-order valence-electron chi connectivity index (χ3n) is 4.55. The minimum absolute atomic E-state index is 0.0879. The molecule has 0 atom stereocenters. The molecule has 0 fully saturated rings. The highest BCUT2D eigenvalue weighted by atomic mass is 32.2. The Balaban J connectivity index is 1.73. The molecule has 0 aliphatic heterocycles. The summed E-state index contributed by atoms with van der Waals surface area (Å²) in [7, 11) is 0. The highest BCUT2D eigenvalue weighted by molar-refractivity contribution is 7.99. The number of aromatic nitrogens is 2. The fourth-order valence-electron chi connectivity index (χ4n) is 3.08. The van der Waals surface area contributed by atoms with Gasteiger partial charge in [0.25, 0.3) is 5.76 Å². The van der Waals surface area contributed by atoms with Crippen LogP contribution in [0.25, 0.3) is 10.2 Å². The molecule has 0 unspecified atom stereocenters. The first-order chi connectivity index (χ1) is 14.4. The zero-order chi connectivity index (χ0) is 21.3. The Morgan fingerprint density at radius 3 is 2.53 bits per heavy atom. The van der Waals surface area contributed by atoms with Crippen molar-refractivity contribution in [2.24, 2.45) is 0 Å². The standard InChI is InChI=1S/C21H17F2N3O2S2/c1-12-16(13(2)28-25-12)11-19(27)26(14-7-9-15(10-8-14)29-20(22)23)21-24-17-5-3-4-6-18(17)30-21/h3-10,20H,11H2,1-2H3. The Morgan fingerprint density at radius 1 is 1.17 bits per heavy atom. The van der Waals surface area contributed by atoms with Crippen LogP contribution < -0.4 is 4.90 Å². The number of hydrogen-bond donors (Lipinski definition) is 0. The maximum atomic E-state index is 13.4. The third kappa shape index (κ3) is 4.22. The molecule has 4 rings (SSSR count). The number of anilines is 2. The molecule has 2 aromatic heterocycles. The Kier molecular flexibility index (Phi) is 5.83. The average molecular weight is 446 g/mol. The predicted molar refractivity (Wildman–Crippen MR) is 115 cm³/mol. The summed E-state index contributed by atoms with van der Waals surface area (Å²) in [5.41, 5.74) is 2.74. The highest BCUT2D eigenvalue weighted by Crippen LogP contribution is 2.35. The minimum atomic E-state index is -2.50. The Labute approximate surface area is 179 Å². The molecule has 5 nitrogen and oxygen atoms in total. The van der Waals surface area contributed by atoms with Crippen molar-refractivity contribution in [2.45, 2.75) is 30.9 Å². The summed E-state index contributed by atoms with van der Waals surface area (Å²) in [6, 6.07) is 14.1. The number of aryl methyl sites for hydroxylation is 2. The number of rotatable bonds is 6. The van der Waals surface area contributed by atoms with Crippen LogP contribution in [0.5, 0.6) is 0 Å². The second-order valence-corrected chi connectivity index (χ2v) is 8.62. The van der Waals surface area contributed by atoms with Gasteiger partial charge in [0.1, 0.15) is 5.76 Å². The summed E-state index contributed by atoms with van der Waals surface area (Å²) in [5.74, 6) is -2.12. The van der Waals surface area contributed by atoms with E-state index in [1.807, 2.05) is 24.3 Å². The van der Waals surface area contributed by atoms with Gasteiger partial charge in [-0.1, -0.05) is 40.4 Å². The number of carbonyl (C=O) groups is 1. The number of benzene rings is 2. The molecule has 1 amide bonds. The van der Waals surface area contributed by atoms with Gasteiger partial charge in [-0.3, -0.25) is 9.69 Å². The van der Waals surface area contributed by atoms with Crippen molar-refractivity contribution in [2.75, 3.05) is 4.90 Å². The number of thiazole rings is 1. The lowest BCUT2D eigenvalue weighted by molar-refractivity contribution is -0.117. The van der Waals surface area contributed by atoms with Gasteiger partial charge in [-0.15, -0.1) is 0 Å². The van der Waals surface area contributed by atoms with E-state index in [4.69, 9.17) is 4.52 Å². The number of nitrogens with zero attached hydrogens (tertiary/aromatic N) is 3. The van der Waals surface area contributed by atoms with E-state index >= 15 is 0 Å². The van der Waals surface area contributed by atoms with Crippen molar-refractivity contribution >= 4 is 50.0 Å². The average Bonchev–Trinajstić information content (AvgIpc) is 3.27. The van der Waals surface area contributed by atoms with Gasteiger partial charge in [-0.25, -0.2) is 4.98 Å². The number of hydrogen-bond acceptors (Lipinski definition) is 6. The molecular weight excluding hydrogens is 428 g/mol. The van der Waals surface area contributed by atoms with Gasteiger partial charge in [0.05, 0.1) is 28.0 Å². The van der Waals surface area contributed by atoms with Crippen molar-refractivity contribution in [1.29, 1.82) is 0 Å². The van der Waals surface area contributed by atoms with Crippen LogP contribution >= 0.6 is 23.1 Å². The van der Waals surface area contributed by atoms with E-state index in [0.717, 1.165) is 15.8 Å². The van der Waals surface area contributed by atoms with E-state index < -0.39 is 5.76 Å². The largest absolute Gasteiger partial charge is 0.361 e.